The lowest BCUT2D eigenvalue weighted by atomic mass is 9.68. The van der Waals surface area contributed by atoms with Crippen LogP contribution in [0.5, 0.6) is 0 Å². The van der Waals surface area contributed by atoms with Crippen molar-refractivity contribution in [1.29, 1.82) is 0 Å². The van der Waals surface area contributed by atoms with Crippen LogP contribution in [-0.4, -0.2) is 4.40 Å². The molecule has 222 valence electrons. The Morgan fingerprint density at radius 3 is 1.29 bits per heavy atom. The van der Waals surface area contributed by atoms with Gasteiger partial charge in [-0.2, -0.15) is 0 Å². The zero-order valence-electron chi connectivity index (χ0n) is 25.7. The number of hydrogen-bond acceptors (Lipinski definition) is 2. The topological polar surface area (TPSA) is 38.5 Å². The van der Waals surface area contributed by atoms with Crippen LogP contribution in [0.4, 0.5) is 0 Å². The van der Waals surface area contributed by atoms with Crippen LogP contribution in [0, 0.1) is 0 Å². The number of pyridine rings is 2. The van der Waals surface area contributed by atoms with E-state index >= 15 is 0 Å². The van der Waals surface area contributed by atoms with Crippen molar-refractivity contribution in [3.05, 3.63) is 195 Å². The third kappa shape index (κ3) is 2.92. The molecule has 3 heteroatoms. The molecule has 0 saturated heterocycles. The highest BCUT2D eigenvalue weighted by molar-refractivity contribution is 6.19. The second-order valence-electron chi connectivity index (χ2n) is 13.1. The Hall–Kier alpha value is -6.32. The van der Waals surface area contributed by atoms with Gasteiger partial charge < -0.3 is 0 Å². The van der Waals surface area contributed by atoms with Gasteiger partial charge in [0.05, 0.1) is 10.9 Å². The summed E-state index contributed by atoms with van der Waals surface area (Å²) in [6.07, 6.45) is 0. The molecule has 1 spiro atoms. The molecule has 0 amide bonds. The fourth-order valence-corrected chi connectivity index (χ4v) is 9.18. The largest absolute Gasteiger partial charge is 0.268 e. The molecular formula is C45H25NO2. The lowest BCUT2D eigenvalue weighted by Gasteiger charge is -2.32. The fourth-order valence-electron chi connectivity index (χ4n) is 9.18. The van der Waals surface area contributed by atoms with E-state index in [1.165, 1.54) is 48.9 Å². The van der Waals surface area contributed by atoms with Crippen molar-refractivity contribution in [2.45, 2.75) is 5.41 Å². The average Bonchev–Trinajstić information content (AvgIpc) is 3.62. The van der Waals surface area contributed by atoms with Gasteiger partial charge in [0, 0.05) is 21.5 Å². The van der Waals surface area contributed by atoms with Crippen LogP contribution in [0.15, 0.2) is 161 Å². The minimum absolute atomic E-state index is 0.277. The SMILES string of the molecule is O=c1c2ccccc2c2cc(-c3cccc4c3C3(c5ccccc5-c5ccccc53)c3ccccc3-4)cc3c4ccccc4c(=O)n1c23. The van der Waals surface area contributed by atoms with Crippen LogP contribution in [-0.2, 0) is 5.41 Å². The summed E-state index contributed by atoms with van der Waals surface area (Å²) in [5, 5.41) is 4.59. The van der Waals surface area contributed by atoms with E-state index in [2.05, 4.69) is 103 Å². The van der Waals surface area contributed by atoms with Gasteiger partial charge in [0.2, 0.25) is 0 Å². The first-order valence-corrected chi connectivity index (χ1v) is 16.4. The van der Waals surface area contributed by atoms with E-state index < -0.39 is 5.41 Å². The maximum Gasteiger partial charge on any atom is 0.266 e. The van der Waals surface area contributed by atoms with Gasteiger partial charge >= 0.3 is 0 Å². The zero-order chi connectivity index (χ0) is 31.7. The smallest absolute Gasteiger partial charge is 0.266 e. The van der Waals surface area contributed by atoms with Crippen molar-refractivity contribution in [3.63, 3.8) is 0 Å². The van der Waals surface area contributed by atoms with E-state index in [1.807, 2.05) is 48.5 Å². The van der Waals surface area contributed by atoms with Crippen molar-refractivity contribution in [1.82, 2.24) is 4.40 Å². The summed E-state index contributed by atoms with van der Waals surface area (Å²) >= 11 is 0. The molecule has 0 saturated carbocycles. The second kappa shape index (κ2) is 8.93. The van der Waals surface area contributed by atoms with Crippen LogP contribution in [0.1, 0.15) is 22.3 Å². The van der Waals surface area contributed by atoms with Crippen LogP contribution in [0.2, 0.25) is 0 Å². The third-order valence-corrected chi connectivity index (χ3v) is 11.0. The lowest BCUT2D eigenvalue weighted by molar-refractivity contribution is 0.796. The Balaban J connectivity index is 1.36. The van der Waals surface area contributed by atoms with Gasteiger partial charge in [-0.15, -0.1) is 0 Å². The highest BCUT2D eigenvalue weighted by Crippen LogP contribution is 2.64. The molecule has 3 nitrogen and oxygen atoms in total. The van der Waals surface area contributed by atoms with E-state index in [4.69, 9.17) is 0 Å². The second-order valence-corrected chi connectivity index (χ2v) is 13.1. The molecule has 0 fully saturated rings. The van der Waals surface area contributed by atoms with Gasteiger partial charge in [-0.25, -0.2) is 4.40 Å². The zero-order valence-corrected chi connectivity index (χ0v) is 25.7. The summed E-state index contributed by atoms with van der Waals surface area (Å²) in [4.78, 5) is 27.9. The van der Waals surface area contributed by atoms with Crippen LogP contribution < -0.4 is 11.1 Å². The maximum absolute atomic E-state index is 14.0. The Bertz CT molecular complexity index is 2840. The number of hydrogen-bond donors (Lipinski definition) is 0. The van der Waals surface area contributed by atoms with E-state index in [9.17, 15) is 9.59 Å². The molecule has 7 aromatic carbocycles. The molecule has 48 heavy (non-hydrogen) atoms. The van der Waals surface area contributed by atoms with E-state index in [0.717, 1.165) is 32.7 Å². The summed E-state index contributed by atoms with van der Waals surface area (Å²) in [6, 6.07) is 53.0. The lowest BCUT2D eigenvalue weighted by Crippen LogP contribution is -2.27. The normalized spacial score (nSPS) is 13.8. The first-order valence-electron chi connectivity index (χ1n) is 16.4. The monoisotopic (exact) mass is 611 g/mol. The summed E-state index contributed by atoms with van der Waals surface area (Å²) in [5.41, 5.74) is 12.0. The van der Waals surface area contributed by atoms with Gasteiger partial charge in [-0.05, 0) is 90.7 Å². The number of rotatable bonds is 1. The molecule has 0 unspecified atom stereocenters. The standard InChI is InChI=1S/C45H25NO2/c47-43-34-17-3-1-12-28(34)36-24-26(25-37-29-13-2-4-18-35(29)44(48)46(43)42(36)37)27-19-11-20-33-32-16-7-10-23-40(32)45(41(27)33)38-21-8-5-14-30(38)31-15-6-9-22-39(31)45/h1-25H. The summed E-state index contributed by atoms with van der Waals surface area (Å²) in [5.74, 6) is 0. The molecule has 0 N–H and O–H groups in total. The average molecular weight is 612 g/mol. The van der Waals surface area contributed by atoms with Crippen LogP contribution in [0.3, 0.4) is 0 Å². The first-order chi connectivity index (χ1) is 23.7. The van der Waals surface area contributed by atoms with Gasteiger partial charge in [0.25, 0.3) is 11.1 Å². The Kier molecular flexibility index (Phi) is 4.81. The predicted molar refractivity (Wildman–Crippen MR) is 195 cm³/mol. The maximum atomic E-state index is 14.0. The minimum atomic E-state index is -0.503. The van der Waals surface area contributed by atoms with Crippen LogP contribution in [0.25, 0.3) is 71.2 Å². The molecule has 2 aliphatic carbocycles. The molecule has 0 bridgehead atoms. The van der Waals surface area contributed by atoms with E-state index in [1.54, 1.807) is 0 Å². The first kappa shape index (κ1) is 25.8. The number of benzene rings is 7. The van der Waals surface area contributed by atoms with Gasteiger partial charge in [-0.1, -0.05) is 127 Å². The fraction of sp³-hybridized carbons (Fsp3) is 0.0222. The number of nitrogens with zero attached hydrogens (tertiary/aromatic N) is 1. The van der Waals surface area contributed by atoms with Crippen LogP contribution >= 0.6 is 0 Å². The summed E-state index contributed by atoms with van der Waals surface area (Å²) < 4.78 is 1.40. The molecule has 2 aromatic heterocycles. The quantitative estimate of drug-likeness (QED) is 0.137. The van der Waals surface area contributed by atoms with Gasteiger partial charge in [-0.3, -0.25) is 9.59 Å². The summed E-state index contributed by atoms with van der Waals surface area (Å²) in [6.45, 7) is 0. The predicted octanol–water partition coefficient (Wildman–Crippen LogP) is 9.57. The number of fused-ring (bicyclic) bond motifs is 14. The Morgan fingerprint density at radius 2 is 0.771 bits per heavy atom. The molecule has 9 aromatic rings. The minimum Gasteiger partial charge on any atom is -0.268 e. The molecule has 2 heterocycles. The van der Waals surface area contributed by atoms with Gasteiger partial charge in [0.15, 0.2) is 0 Å². The van der Waals surface area contributed by atoms with Crippen molar-refractivity contribution >= 4 is 37.8 Å². The third-order valence-electron chi connectivity index (χ3n) is 11.0. The molecule has 11 rings (SSSR count). The highest BCUT2D eigenvalue weighted by atomic mass is 16.2. The van der Waals surface area contributed by atoms with E-state index in [0.29, 0.717) is 16.3 Å². The highest BCUT2D eigenvalue weighted by Gasteiger charge is 2.52. The van der Waals surface area contributed by atoms with Crippen molar-refractivity contribution in [2.75, 3.05) is 0 Å². The Morgan fingerprint density at radius 1 is 0.375 bits per heavy atom. The molecule has 2 aliphatic rings. The van der Waals surface area contributed by atoms with Crippen molar-refractivity contribution in [3.8, 4) is 33.4 Å². The molecule has 0 radical (unpaired) electrons. The number of aromatic nitrogens is 1. The van der Waals surface area contributed by atoms with Gasteiger partial charge in [0.1, 0.15) is 0 Å². The summed E-state index contributed by atoms with van der Waals surface area (Å²) in [7, 11) is 0. The molecule has 0 aliphatic heterocycles. The van der Waals surface area contributed by atoms with Crippen molar-refractivity contribution in [2.24, 2.45) is 0 Å². The molecular weight excluding hydrogens is 587 g/mol. The van der Waals surface area contributed by atoms with Crippen molar-refractivity contribution < 1.29 is 0 Å². The Labute approximate surface area is 274 Å². The molecule has 0 atom stereocenters. The van der Waals surface area contributed by atoms with E-state index in [-0.39, 0.29) is 11.1 Å².